The number of hydrogen-bond donors (Lipinski definition) is 2. The molecule has 2 amide bonds. The topological polar surface area (TPSA) is 71.3 Å². The molecule has 116 valence electrons. The largest absolute Gasteiger partial charge is 0.459 e. The van der Waals surface area contributed by atoms with Gasteiger partial charge in [-0.05, 0) is 31.5 Å². The zero-order valence-electron chi connectivity index (χ0n) is 12.7. The maximum atomic E-state index is 12.3. The van der Waals surface area contributed by atoms with Crippen molar-refractivity contribution >= 4 is 11.8 Å². The van der Waals surface area contributed by atoms with Crippen molar-refractivity contribution in [2.24, 2.45) is 0 Å². The molecule has 0 bridgehead atoms. The molecule has 0 fully saturated rings. The molecule has 0 aliphatic rings. The van der Waals surface area contributed by atoms with Crippen LogP contribution in [0.1, 0.15) is 30.0 Å². The third kappa shape index (κ3) is 4.48. The van der Waals surface area contributed by atoms with Crippen LogP contribution in [0.25, 0.3) is 0 Å². The molecule has 2 rings (SSSR count). The van der Waals surface area contributed by atoms with E-state index >= 15 is 0 Å². The molecule has 5 heteroatoms. The van der Waals surface area contributed by atoms with Crippen molar-refractivity contribution in [1.29, 1.82) is 0 Å². The molecule has 0 spiro atoms. The molecular formula is C17H20N2O3. The minimum atomic E-state index is -0.651. The van der Waals surface area contributed by atoms with Crippen molar-refractivity contribution in [3.63, 3.8) is 0 Å². The molecule has 2 N–H and O–H groups in total. The molecule has 0 aliphatic carbocycles. The van der Waals surface area contributed by atoms with E-state index in [1.54, 1.807) is 12.1 Å². The summed E-state index contributed by atoms with van der Waals surface area (Å²) in [5.41, 5.74) is 0.978. The highest BCUT2D eigenvalue weighted by molar-refractivity contribution is 5.95. The lowest BCUT2D eigenvalue weighted by Crippen LogP contribution is -2.49. The van der Waals surface area contributed by atoms with Crippen LogP contribution in [0.15, 0.2) is 53.1 Å². The molecule has 1 aromatic carbocycles. The van der Waals surface area contributed by atoms with Gasteiger partial charge in [0.2, 0.25) is 5.91 Å². The van der Waals surface area contributed by atoms with Gasteiger partial charge < -0.3 is 15.1 Å². The summed E-state index contributed by atoms with van der Waals surface area (Å²) in [6.07, 6.45) is 1.85. The third-order valence-electron chi connectivity index (χ3n) is 3.08. The molecule has 1 atom stereocenters. The Morgan fingerprint density at radius 2 is 1.77 bits per heavy atom. The maximum Gasteiger partial charge on any atom is 0.287 e. The first-order valence-electron chi connectivity index (χ1n) is 7.25. The standard InChI is InChI=1S/C17H20N2O3/c1-12(2)18-16(20)14(11-13-7-4-3-5-8-13)19-17(21)15-9-6-10-22-15/h3-10,12,14H,11H2,1-2H3,(H,18,20)(H,19,21). The van der Waals surface area contributed by atoms with E-state index in [9.17, 15) is 9.59 Å². The molecule has 2 aromatic rings. The highest BCUT2D eigenvalue weighted by Crippen LogP contribution is 2.06. The smallest absolute Gasteiger partial charge is 0.287 e. The summed E-state index contributed by atoms with van der Waals surface area (Å²) in [4.78, 5) is 24.4. The Bertz CT molecular complexity index is 606. The first kappa shape index (κ1) is 15.8. The number of furan rings is 1. The second-order valence-electron chi connectivity index (χ2n) is 5.36. The summed E-state index contributed by atoms with van der Waals surface area (Å²) >= 11 is 0. The Hall–Kier alpha value is -2.56. The fourth-order valence-electron chi connectivity index (χ4n) is 2.08. The Morgan fingerprint density at radius 3 is 2.36 bits per heavy atom. The molecule has 0 aliphatic heterocycles. The number of hydrogen-bond acceptors (Lipinski definition) is 3. The number of carbonyl (C=O) groups is 2. The van der Waals surface area contributed by atoms with Gasteiger partial charge in [-0.2, -0.15) is 0 Å². The van der Waals surface area contributed by atoms with Crippen molar-refractivity contribution in [2.75, 3.05) is 0 Å². The number of amides is 2. The maximum absolute atomic E-state index is 12.3. The summed E-state index contributed by atoms with van der Waals surface area (Å²) < 4.78 is 5.06. The fraction of sp³-hybridized carbons (Fsp3) is 0.294. The van der Waals surface area contributed by atoms with Gasteiger partial charge in [0.15, 0.2) is 5.76 Å². The average Bonchev–Trinajstić information content (AvgIpc) is 3.01. The summed E-state index contributed by atoms with van der Waals surface area (Å²) in [6, 6.07) is 12.1. The van der Waals surface area contributed by atoms with Gasteiger partial charge in [-0.3, -0.25) is 9.59 Å². The van der Waals surface area contributed by atoms with Gasteiger partial charge >= 0.3 is 0 Å². The molecule has 0 radical (unpaired) electrons. The molecule has 22 heavy (non-hydrogen) atoms. The lowest BCUT2D eigenvalue weighted by molar-refractivity contribution is -0.123. The van der Waals surface area contributed by atoms with Gasteiger partial charge in [-0.25, -0.2) is 0 Å². The van der Waals surface area contributed by atoms with Crippen molar-refractivity contribution < 1.29 is 14.0 Å². The lowest BCUT2D eigenvalue weighted by atomic mass is 10.0. The van der Waals surface area contributed by atoms with E-state index in [4.69, 9.17) is 4.42 Å². The molecule has 1 unspecified atom stereocenters. The van der Waals surface area contributed by atoms with Crippen LogP contribution in [0.5, 0.6) is 0 Å². The lowest BCUT2D eigenvalue weighted by Gasteiger charge is -2.19. The second kappa shape index (κ2) is 7.45. The molecular weight excluding hydrogens is 280 g/mol. The van der Waals surface area contributed by atoms with Crippen molar-refractivity contribution in [3.8, 4) is 0 Å². The van der Waals surface area contributed by atoms with E-state index in [1.165, 1.54) is 6.26 Å². The van der Waals surface area contributed by atoms with Gasteiger partial charge in [0.25, 0.3) is 5.91 Å². The van der Waals surface area contributed by atoms with Crippen molar-refractivity contribution in [2.45, 2.75) is 32.4 Å². The number of rotatable bonds is 6. The number of benzene rings is 1. The van der Waals surface area contributed by atoms with Gasteiger partial charge in [0.05, 0.1) is 6.26 Å². The molecule has 5 nitrogen and oxygen atoms in total. The SMILES string of the molecule is CC(C)NC(=O)C(Cc1ccccc1)NC(=O)c1ccco1. The molecule has 1 aromatic heterocycles. The van der Waals surface area contributed by atoms with E-state index in [2.05, 4.69) is 10.6 Å². The Kier molecular flexibility index (Phi) is 5.36. The predicted octanol–water partition coefficient (Wildman–Crippen LogP) is 2.15. The van der Waals surface area contributed by atoms with E-state index in [-0.39, 0.29) is 17.7 Å². The first-order valence-corrected chi connectivity index (χ1v) is 7.25. The van der Waals surface area contributed by atoms with E-state index in [0.29, 0.717) is 6.42 Å². The van der Waals surface area contributed by atoms with E-state index < -0.39 is 11.9 Å². The Balaban J connectivity index is 2.10. The van der Waals surface area contributed by atoms with Crippen LogP contribution in [0.4, 0.5) is 0 Å². The Labute approximate surface area is 129 Å². The van der Waals surface area contributed by atoms with Crippen LogP contribution in [0, 0.1) is 0 Å². The van der Waals surface area contributed by atoms with Crippen LogP contribution in [0.3, 0.4) is 0 Å². The predicted molar refractivity (Wildman–Crippen MR) is 83.4 cm³/mol. The number of nitrogens with one attached hydrogen (secondary N) is 2. The quantitative estimate of drug-likeness (QED) is 0.858. The van der Waals surface area contributed by atoms with Crippen LogP contribution in [0.2, 0.25) is 0 Å². The third-order valence-corrected chi connectivity index (χ3v) is 3.08. The highest BCUT2D eigenvalue weighted by Gasteiger charge is 2.23. The minimum absolute atomic E-state index is 0.00582. The second-order valence-corrected chi connectivity index (χ2v) is 5.36. The van der Waals surface area contributed by atoms with Crippen LogP contribution < -0.4 is 10.6 Å². The molecule has 0 saturated carbocycles. The number of carbonyl (C=O) groups excluding carboxylic acids is 2. The monoisotopic (exact) mass is 300 g/mol. The first-order chi connectivity index (χ1) is 10.6. The summed E-state index contributed by atoms with van der Waals surface area (Å²) in [5.74, 6) is -0.418. The van der Waals surface area contributed by atoms with Gasteiger partial charge in [-0.1, -0.05) is 30.3 Å². The normalized spacial score (nSPS) is 12.0. The Morgan fingerprint density at radius 1 is 1.05 bits per heavy atom. The molecule has 0 saturated heterocycles. The van der Waals surface area contributed by atoms with Gasteiger partial charge in [0, 0.05) is 12.5 Å². The summed E-state index contributed by atoms with van der Waals surface area (Å²) in [6.45, 7) is 3.76. The highest BCUT2D eigenvalue weighted by atomic mass is 16.3. The van der Waals surface area contributed by atoms with Gasteiger partial charge in [-0.15, -0.1) is 0 Å². The fourth-order valence-corrected chi connectivity index (χ4v) is 2.08. The summed E-state index contributed by atoms with van der Waals surface area (Å²) in [7, 11) is 0. The molecule has 1 heterocycles. The van der Waals surface area contributed by atoms with Crippen molar-refractivity contribution in [3.05, 3.63) is 60.1 Å². The van der Waals surface area contributed by atoms with Crippen LogP contribution in [-0.2, 0) is 11.2 Å². The van der Waals surface area contributed by atoms with Crippen LogP contribution >= 0.6 is 0 Å². The van der Waals surface area contributed by atoms with Crippen LogP contribution in [-0.4, -0.2) is 23.9 Å². The summed E-state index contributed by atoms with van der Waals surface area (Å²) in [5, 5.41) is 5.56. The van der Waals surface area contributed by atoms with Crippen molar-refractivity contribution in [1.82, 2.24) is 10.6 Å². The zero-order chi connectivity index (χ0) is 15.9. The zero-order valence-corrected chi connectivity index (χ0v) is 12.7. The minimum Gasteiger partial charge on any atom is -0.459 e. The average molecular weight is 300 g/mol. The van der Waals surface area contributed by atoms with E-state index in [1.807, 2.05) is 44.2 Å². The van der Waals surface area contributed by atoms with Gasteiger partial charge in [0.1, 0.15) is 6.04 Å². The van der Waals surface area contributed by atoms with E-state index in [0.717, 1.165) is 5.56 Å².